The van der Waals surface area contributed by atoms with Gasteiger partial charge in [0.1, 0.15) is 17.9 Å². The summed E-state index contributed by atoms with van der Waals surface area (Å²) in [5, 5.41) is 10.0. The molecular formula is C17H20N4O2. The Bertz CT molecular complexity index is 694. The van der Waals surface area contributed by atoms with Crippen LogP contribution in [-0.2, 0) is 10.3 Å². The predicted molar refractivity (Wildman–Crippen MR) is 84.0 cm³/mol. The molecule has 6 nitrogen and oxygen atoms in total. The number of carbonyl (C=O) groups excluding carboxylic acids is 1. The Morgan fingerprint density at radius 1 is 1.39 bits per heavy atom. The van der Waals surface area contributed by atoms with E-state index in [4.69, 9.17) is 4.74 Å². The van der Waals surface area contributed by atoms with Crippen molar-refractivity contribution in [2.75, 3.05) is 6.61 Å². The van der Waals surface area contributed by atoms with Crippen LogP contribution in [0.1, 0.15) is 49.4 Å². The lowest BCUT2D eigenvalue weighted by atomic mass is 9.75. The number of rotatable bonds is 4. The number of nitrogens with zero attached hydrogens (tertiary/aromatic N) is 2. The van der Waals surface area contributed by atoms with Gasteiger partial charge in [0.15, 0.2) is 0 Å². The monoisotopic (exact) mass is 312 g/mol. The number of H-pyrrole nitrogens is 1. The molecule has 0 spiro atoms. The minimum absolute atomic E-state index is 0.0720. The molecule has 1 aromatic carbocycles. The lowest BCUT2D eigenvalue weighted by Gasteiger charge is -2.40. The lowest BCUT2D eigenvalue weighted by Crippen LogP contribution is -2.51. The number of benzene rings is 1. The van der Waals surface area contributed by atoms with Crippen molar-refractivity contribution in [1.82, 2.24) is 20.5 Å². The van der Waals surface area contributed by atoms with E-state index in [0.29, 0.717) is 13.0 Å². The van der Waals surface area contributed by atoms with Crippen molar-refractivity contribution in [3.63, 3.8) is 0 Å². The van der Waals surface area contributed by atoms with Crippen LogP contribution in [0.5, 0.6) is 5.75 Å². The largest absolute Gasteiger partial charge is 0.493 e. The van der Waals surface area contributed by atoms with E-state index in [-0.39, 0.29) is 17.4 Å². The van der Waals surface area contributed by atoms with Crippen molar-refractivity contribution in [3.8, 4) is 5.75 Å². The van der Waals surface area contributed by atoms with Crippen LogP contribution < -0.4 is 10.1 Å². The van der Waals surface area contributed by atoms with E-state index in [0.717, 1.165) is 42.8 Å². The second-order valence-electron chi connectivity index (χ2n) is 6.39. The fourth-order valence-corrected chi connectivity index (χ4v) is 3.56. The third-order valence-electron chi connectivity index (χ3n) is 4.97. The number of aromatic nitrogens is 3. The average Bonchev–Trinajstić information content (AvgIpc) is 3.06. The first-order valence-electron chi connectivity index (χ1n) is 8.15. The van der Waals surface area contributed by atoms with Crippen LogP contribution in [0.3, 0.4) is 0 Å². The Balaban J connectivity index is 1.47. The molecule has 120 valence electrons. The molecule has 6 heteroatoms. The molecule has 0 saturated heterocycles. The number of nitrogens with one attached hydrogen (secondary N) is 2. The first-order valence-corrected chi connectivity index (χ1v) is 8.15. The van der Waals surface area contributed by atoms with Gasteiger partial charge in [-0.25, -0.2) is 4.98 Å². The molecule has 2 N–H and O–H groups in total. The Kier molecular flexibility index (Phi) is 3.52. The van der Waals surface area contributed by atoms with E-state index in [2.05, 4.69) is 26.6 Å². The van der Waals surface area contributed by atoms with Crippen LogP contribution in [0.2, 0.25) is 0 Å². The summed E-state index contributed by atoms with van der Waals surface area (Å²) < 4.78 is 5.67. The van der Waals surface area contributed by atoms with Gasteiger partial charge in [0.25, 0.3) is 0 Å². The molecule has 0 bridgehead atoms. The second kappa shape index (κ2) is 5.68. The maximum absolute atomic E-state index is 12.6. The van der Waals surface area contributed by atoms with Gasteiger partial charge >= 0.3 is 0 Å². The van der Waals surface area contributed by atoms with Gasteiger partial charge in [-0.15, -0.1) is 0 Å². The quantitative estimate of drug-likeness (QED) is 0.907. The molecule has 2 aromatic rings. The summed E-state index contributed by atoms with van der Waals surface area (Å²) in [4.78, 5) is 16.9. The zero-order valence-corrected chi connectivity index (χ0v) is 12.9. The van der Waals surface area contributed by atoms with Crippen molar-refractivity contribution in [3.05, 3.63) is 42.0 Å². The molecular weight excluding hydrogens is 292 g/mol. The van der Waals surface area contributed by atoms with Crippen molar-refractivity contribution < 1.29 is 9.53 Å². The topological polar surface area (TPSA) is 79.9 Å². The Morgan fingerprint density at radius 2 is 2.26 bits per heavy atom. The molecule has 1 aliphatic heterocycles. The number of aromatic amines is 1. The fraction of sp³-hybridized carbons (Fsp3) is 0.471. The molecule has 0 radical (unpaired) electrons. The van der Waals surface area contributed by atoms with E-state index < -0.39 is 0 Å². The fourth-order valence-electron chi connectivity index (χ4n) is 3.56. The van der Waals surface area contributed by atoms with Crippen molar-refractivity contribution in [2.45, 2.75) is 43.6 Å². The van der Waals surface area contributed by atoms with Gasteiger partial charge in [0.05, 0.1) is 12.1 Å². The number of hydrogen-bond donors (Lipinski definition) is 2. The summed E-state index contributed by atoms with van der Waals surface area (Å²) in [6, 6.07) is 8.00. The molecule has 1 atom stereocenters. The first-order chi connectivity index (χ1) is 11.3. The van der Waals surface area contributed by atoms with Crippen LogP contribution in [-0.4, -0.2) is 27.7 Å². The normalized spacial score (nSPS) is 21.7. The van der Waals surface area contributed by atoms with Gasteiger partial charge in [0.2, 0.25) is 5.91 Å². The van der Waals surface area contributed by atoms with Gasteiger partial charge in [0, 0.05) is 6.42 Å². The maximum atomic E-state index is 12.6. The molecule has 23 heavy (non-hydrogen) atoms. The molecule has 1 amide bonds. The molecule has 1 aliphatic carbocycles. The molecule has 1 fully saturated rings. The number of amides is 1. The minimum atomic E-state index is -0.349. The molecule has 1 aromatic heterocycles. The summed E-state index contributed by atoms with van der Waals surface area (Å²) in [6.45, 7) is 0.669. The predicted octanol–water partition coefficient (Wildman–Crippen LogP) is 2.26. The van der Waals surface area contributed by atoms with Crippen LogP contribution in [0, 0.1) is 0 Å². The highest BCUT2D eigenvalue weighted by atomic mass is 16.5. The van der Waals surface area contributed by atoms with Crippen molar-refractivity contribution >= 4 is 5.91 Å². The lowest BCUT2D eigenvalue weighted by molar-refractivity contribution is -0.125. The summed E-state index contributed by atoms with van der Waals surface area (Å²) in [6.07, 6.45) is 5.78. The molecule has 1 unspecified atom stereocenters. The van der Waals surface area contributed by atoms with Gasteiger partial charge in [-0.2, -0.15) is 5.10 Å². The molecule has 2 aliphatic rings. The average molecular weight is 312 g/mol. The van der Waals surface area contributed by atoms with E-state index in [1.54, 1.807) is 0 Å². The van der Waals surface area contributed by atoms with Crippen LogP contribution in [0.4, 0.5) is 0 Å². The zero-order valence-electron chi connectivity index (χ0n) is 12.9. The molecule has 1 saturated carbocycles. The summed E-state index contributed by atoms with van der Waals surface area (Å²) in [5.74, 6) is 1.96. The first kappa shape index (κ1) is 14.2. The minimum Gasteiger partial charge on any atom is -0.493 e. The third-order valence-corrected chi connectivity index (χ3v) is 4.97. The van der Waals surface area contributed by atoms with Gasteiger partial charge in [-0.1, -0.05) is 18.2 Å². The number of hydrogen-bond acceptors (Lipinski definition) is 4. The van der Waals surface area contributed by atoms with Crippen molar-refractivity contribution in [1.29, 1.82) is 0 Å². The highest BCUT2D eigenvalue weighted by Crippen LogP contribution is 2.40. The van der Waals surface area contributed by atoms with Gasteiger partial charge < -0.3 is 10.1 Å². The zero-order chi connectivity index (χ0) is 15.7. The highest BCUT2D eigenvalue weighted by molar-refractivity contribution is 5.78. The van der Waals surface area contributed by atoms with E-state index in [1.807, 2.05) is 18.2 Å². The summed E-state index contributed by atoms with van der Waals surface area (Å²) in [5.41, 5.74) is 0.786. The standard InChI is InChI=1S/C17H20N4O2/c22-15(20-17(7-3-8-17)16-18-11-19-21-16)10-12-6-9-23-14-5-2-1-4-13(12)14/h1-2,4-5,11-12H,3,6-10H2,(H,20,22)(H,18,19,21). The van der Waals surface area contributed by atoms with Crippen molar-refractivity contribution in [2.24, 2.45) is 0 Å². The SMILES string of the molecule is O=C(CC1CCOc2ccccc21)NC1(c2ncn[nH]2)CCC1. The highest BCUT2D eigenvalue weighted by Gasteiger charge is 2.43. The van der Waals surface area contributed by atoms with E-state index in [1.165, 1.54) is 6.33 Å². The van der Waals surface area contributed by atoms with Gasteiger partial charge in [-0.3, -0.25) is 9.89 Å². The summed E-state index contributed by atoms with van der Waals surface area (Å²) >= 11 is 0. The Labute approximate surface area is 134 Å². The Hall–Kier alpha value is -2.37. The van der Waals surface area contributed by atoms with E-state index >= 15 is 0 Å². The maximum Gasteiger partial charge on any atom is 0.221 e. The van der Waals surface area contributed by atoms with Crippen LogP contribution in [0.25, 0.3) is 0 Å². The van der Waals surface area contributed by atoms with Crippen LogP contribution in [0.15, 0.2) is 30.6 Å². The Morgan fingerprint density at radius 3 is 3.00 bits per heavy atom. The second-order valence-corrected chi connectivity index (χ2v) is 6.39. The van der Waals surface area contributed by atoms with E-state index in [9.17, 15) is 4.79 Å². The smallest absolute Gasteiger partial charge is 0.221 e. The number of fused-ring (bicyclic) bond motifs is 1. The van der Waals surface area contributed by atoms with Gasteiger partial charge in [-0.05, 0) is 43.2 Å². The number of carbonyl (C=O) groups is 1. The van der Waals surface area contributed by atoms with Crippen LogP contribution >= 0.6 is 0 Å². The number of ether oxygens (including phenoxy) is 1. The number of para-hydroxylation sites is 1. The molecule has 4 rings (SSSR count). The summed E-state index contributed by atoms with van der Waals surface area (Å²) in [7, 11) is 0. The third kappa shape index (κ3) is 2.58. The molecule has 2 heterocycles.